The Bertz CT molecular complexity index is 230. The van der Waals surface area contributed by atoms with E-state index < -0.39 is 17.6 Å². The highest BCUT2D eigenvalue weighted by molar-refractivity contribution is 6.60. The predicted octanol–water partition coefficient (Wildman–Crippen LogP) is 2.94. The van der Waals surface area contributed by atoms with Gasteiger partial charge in [-0.3, -0.25) is 0 Å². The minimum atomic E-state index is -2.42. The summed E-state index contributed by atoms with van der Waals surface area (Å²) in [7, 11) is 5.13. The molecule has 8 heteroatoms. The second kappa shape index (κ2) is 11.7. The Kier molecular flexibility index (Phi) is 11.8. The molecule has 0 atom stereocenters. The highest BCUT2D eigenvalue weighted by Gasteiger charge is 2.38. The van der Waals surface area contributed by atoms with Crippen LogP contribution in [0, 0.1) is 5.92 Å². The van der Waals surface area contributed by atoms with Gasteiger partial charge in [0.25, 0.3) is 0 Å². The zero-order valence-corrected chi connectivity index (χ0v) is 17.3. The Labute approximate surface area is 138 Å². The normalized spacial score (nSPS) is 13.1. The van der Waals surface area contributed by atoms with Crippen molar-refractivity contribution in [1.82, 2.24) is 0 Å². The maximum absolute atomic E-state index is 5.44. The number of hydrogen-bond acceptors (Lipinski definition) is 6. The standard InChI is InChI=1S/C14H34O6Si2/c1-14(10-8-12-21(15-2,16-3)17-4)11-9-13-22(18-5,19-6)20-7/h14H,8-13H2,1-7H3. The Morgan fingerprint density at radius 3 is 1.09 bits per heavy atom. The first-order valence-electron chi connectivity index (χ1n) is 7.78. The SMILES string of the molecule is CO[Si](CCCC(C)CCC[Si](OC)(OC)OC)(OC)OC. The Hall–Kier alpha value is 0.194. The lowest BCUT2D eigenvalue weighted by Gasteiger charge is -2.25. The van der Waals surface area contributed by atoms with Gasteiger partial charge < -0.3 is 26.6 Å². The average Bonchev–Trinajstić information content (AvgIpc) is 2.56. The summed E-state index contributed by atoms with van der Waals surface area (Å²) in [5.74, 6) is 0.634. The lowest BCUT2D eigenvalue weighted by Crippen LogP contribution is -2.42. The van der Waals surface area contributed by atoms with E-state index in [0.717, 1.165) is 37.8 Å². The summed E-state index contributed by atoms with van der Waals surface area (Å²) in [5, 5.41) is 0. The van der Waals surface area contributed by atoms with Gasteiger partial charge in [-0.2, -0.15) is 0 Å². The van der Waals surface area contributed by atoms with Gasteiger partial charge in [0.2, 0.25) is 0 Å². The van der Waals surface area contributed by atoms with Crippen molar-refractivity contribution in [2.75, 3.05) is 42.7 Å². The summed E-state index contributed by atoms with van der Waals surface area (Å²) in [6, 6.07) is 1.71. The molecule has 0 radical (unpaired) electrons. The number of hydrogen-bond donors (Lipinski definition) is 0. The van der Waals surface area contributed by atoms with Crippen LogP contribution in [0.1, 0.15) is 32.6 Å². The van der Waals surface area contributed by atoms with Crippen molar-refractivity contribution in [3.05, 3.63) is 0 Å². The van der Waals surface area contributed by atoms with Crippen LogP contribution >= 0.6 is 0 Å². The lowest BCUT2D eigenvalue weighted by molar-refractivity contribution is 0.121. The van der Waals surface area contributed by atoms with Crippen molar-refractivity contribution in [2.45, 2.75) is 44.7 Å². The molecule has 0 N–H and O–H groups in total. The molecule has 0 rings (SSSR count). The van der Waals surface area contributed by atoms with Crippen LogP contribution in [0.3, 0.4) is 0 Å². The van der Waals surface area contributed by atoms with Crippen molar-refractivity contribution in [3.63, 3.8) is 0 Å². The zero-order valence-electron chi connectivity index (χ0n) is 15.3. The van der Waals surface area contributed by atoms with Crippen LogP contribution < -0.4 is 0 Å². The summed E-state index contributed by atoms with van der Waals surface area (Å²) in [5.41, 5.74) is 0. The van der Waals surface area contributed by atoms with E-state index in [1.165, 1.54) is 0 Å². The maximum Gasteiger partial charge on any atom is 0.500 e. The minimum Gasteiger partial charge on any atom is -0.377 e. The molecule has 0 aromatic rings. The van der Waals surface area contributed by atoms with Gasteiger partial charge in [0.1, 0.15) is 0 Å². The van der Waals surface area contributed by atoms with E-state index in [1.54, 1.807) is 42.7 Å². The van der Waals surface area contributed by atoms with Crippen LogP contribution in [0.15, 0.2) is 0 Å². The van der Waals surface area contributed by atoms with Gasteiger partial charge in [0.15, 0.2) is 0 Å². The summed E-state index contributed by atoms with van der Waals surface area (Å²) < 4.78 is 32.6. The van der Waals surface area contributed by atoms with Crippen LogP contribution in [0.5, 0.6) is 0 Å². The fourth-order valence-corrected chi connectivity index (χ4v) is 6.09. The smallest absolute Gasteiger partial charge is 0.377 e. The molecule has 0 aromatic carbocycles. The first kappa shape index (κ1) is 22.2. The van der Waals surface area contributed by atoms with Crippen molar-refractivity contribution in [2.24, 2.45) is 5.92 Å². The second-order valence-electron chi connectivity index (χ2n) is 5.48. The van der Waals surface area contributed by atoms with Crippen LogP contribution in [0.25, 0.3) is 0 Å². The third kappa shape index (κ3) is 7.18. The van der Waals surface area contributed by atoms with Gasteiger partial charge in [0, 0.05) is 54.7 Å². The third-order valence-corrected chi connectivity index (χ3v) is 9.89. The quantitative estimate of drug-likeness (QED) is 0.447. The van der Waals surface area contributed by atoms with Gasteiger partial charge in [-0.15, -0.1) is 0 Å². The van der Waals surface area contributed by atoms with E-state index in [1.807, 2.05) is 0 Å². The van der Waals surface area contributed by atoms with Crippen molar-refractivity contribution in [1.29, 1.82) is 0 Å². The van der Waals surface area contributed by atoms with Crippen molar-refractivity contribution < 1.29 is 26.6 Å². The molecular formula is C14H34O6Si2. The summed E-state index contributed by atoms with van der Waals surface area (Å²) in [4.78, 5) is 0. The molecule has 0 aliphatic rings. The van der Waals surface area contributed by atoms with E-state index in [4.69, 9.17) is 26.6 Å². The molecule has 0 aliphatic heterocycles. The molecule has 0 spiro atoms. The van der Waals surface area contributed by atoms with Gasteiger partial charge in [-0.1, -0.05) is 19.8 Å². The summed E-state index contributed by atoms with van der Waals surface area (Å²) in [6.07, 6.45) is 4.35. The summed E-state index contributed by atoms with van der Waals surface area (Å²) in [6.45, 7) is 2.27. The molecule has 0 amide bonds. The minimum absolute atomic E-state index is 0.634. The van der Waals surface area contributed by atoms with Gasteiger partial charge >= 0.3 is 17.6 Å². The molecule has 0 fully saturated rings. The molecule has 0 bridgehead atoms. The van der Waals surface area contributed by atoms with Gasteiger partial charge in [0.05, 0.1) is 0 Å². The molecule has 0 saturated carbocycles. The molecule has 22 heavy (non-hydrogen) atoms. The fourth-order valence-electron chi connectivity index (χ4n) is 2.59. The molecule has 0 heterocycles. The van der Waals surface area contributed by atoms with E-state index >= 15 is 0 Å². The fraction of sp³-hybridized carbons (Fsp3) is 1.00. The van der Waals surface area contributed by atoms with Crippen LogP contribution in [-0.2, 0) is 26.6 Å². The second-order valence-corrected chi connectivity index (χ2v) is 11.7. The Morgan fingerprint density at radius 1 is 0.591 bits per heavy atom. The monoisotopic (exact) mass is 354 g/mol. The van der Waals surface area contributed by atoms with E-state index in [0.29, 0.717) is 5.92 Å². The average molecular weight is 355 g/mol. The summed E-state index contributed by atoms with van der Waals surface area (Å²) >= 11 is 0. The Morgan fingerprint density at radius 2 is 0.864 bits per heavy atom. The molecule has 6 nitrogen and oxygen atoms in total. The molecule has 134 valence electrons. The van der Waals surface area contributed by atoms with Gasteiger partial charge in [-0.05, 0) is 18.8 Å². The first-order chi connectivity index (χ1) is 10.5. The van der Waals surface area contributed by atoms with E-state index in [-0.39, 0.29) is 0 Å². The van der Waals surface area contributed by atoms with Gasteiger partial charge in [-0.25, -0.2) is 0 Å². The molecule has 0 saturated heterocycles. The topological polar surface area (TPSA) is 55.4 Å². The highest BCUT2D eigenvalue weighted by atomic mass is 28.4. The van der Waals surface area contributed by atoms with Crippen LogP contribution in [0.4, 0.5) is 0 Å². The van der Waals surface area contributed by atoms with E-state index in [9.17, 15) is 0 Å². The molecular weight excluding hydrogens is 320 g/mol. The molecule has 0 unspecified atom stereocenters. The van der Waals surface area contributed by atoms with Crippen molar-refractivity contribution >= 4 is 17.6 Å². The Balaban J connectivity index is 4.03. The van der Waals surface area contributed by atoms with Crippen molar-refractivity contribution in [3.8, 4) is 0 Å². The highest BCUT2D eigenvalue weighted by Crippen LogP contribution is 2.23. The van der Waals surface area contributed by atoms with Crippen LogP contribution in [0.2, 0.25) is 12.1 Å². The lowest BCUT2D eigenvalue weighted by atomic mass is 10.0. The maximum atomic E-state index is 5.44. The molecule has 0 aromatic heterocycles. The third-order valence-electron chi connectivity index (χ3n) is 4.23. The number of rotatable bonds is 14. The largest absolute Gasteiger partial charge is 0.500 e. The predicted molar refractivity (Wildman–Crippen MR) is 90.8 cm³/mol. The zero-order chi connectivity index (χ0) is 17.1. The molecule has 0 aliphatic carbocycles. The van der Waals surface area contributed by atoms with E-state index in [2.05, 4.69) is 6.92 Å². The first-order valence-corrected chi connectivity index (χ1v) is 11.6. The van der Waals surface area contributed by atoms with Crippen LogP contribution in [-0.4, -0.2) is 60.3 Å².